The number of carbonyl (C=O) groups is 1. The fourth-order valence-electron chi connectivity index (χ4n) is 2.40. The molecule has 0 saturated carbocycles. The summed E-state index contributed by atoms with van der Waals surface area (Å²) in [4.78, 5) is 22.6. The van der Waals surface area contributed by atoms with E-state index in [4.69, 9.17) is 0 Å². The molecule has 6 nitrogen and oxygen atoms in total. The van der Waals surface area contributed by atoms with E-state index in [-0.39, 0.29) is 12.5 Å². The Kier molecular flexibility index (Phi) is 7.40. The van der Waals surface area contributed by atoms with Crippen molar-refractivity contribution in [1.82, 2.24) is 20.5 Å². The van der Waals surface area contributed by atoms with Gasteiger partial charge in [-0.1, -0.05) is 30.3 Å². The van der Waals surface area contributed by atoms with Crippen molar-refractivity contribution in [2.75, 3.05) is 27.2 Å². The predicted molar refractivity (Wildman–Crippen MR) is 103 cm³/mol. The highest BCUT2D eigenvalue weighted by Crippen LogP contribution is 2.09. The fourth-order valence-corrected chi connectivity index (χ4v) is 3.00. The standard InChI is InChI=1S/C18H25N5OS/c1-14-22-16(13-25-14)12-23(3)18(19-2)21-11-17(24)20-10-9-15-7-5-4-6-8-15/h4-8,13H,9-12H2,1-3H3,(H,19,21)(H,20,24). The van der Waals surface area contributed by atoms with Crippen LogP contribution in [0, 0.1) is 6.92 Å². The van der Waals surface area contributed by atoms with E-state index >= 15 is 0 Å². The van der Waals surface area contributed by atoms with Crippen LogP contribution in [-0.4, -0.2) is 48.9 Å². The van der Waals surface area contributed by atoms with Gasteiger partial charge in [-0.25, -0.2) is 4.98 Å². The Morgan fingerprint density at radius 2 is 2.04 bits per heavy atom. The van der Waals surface area contributed by atoms with Crippen LogP contribution in [0.3, 0.4) is 0 Å². The van der Waals surface area contributed by atoms with Crippen molar-refractivity contribution in [2.45, 2.75) is 19.9 Å². The Hall–Kier alpha value is -2.41. The Balaban J connectivity index is 1.71. The third-order valence-electron chi connectivity index (χ3n) is 3.62. The highest BCUT2D eigenvalue weighted by Gasteiger charge is 2.10. The van der Waals surface area contributed by atoms with Crippen molar-refractivity contribution in [3.05, 3.63) is 52.0 Å². The van der Waals surface area contributed by atoms with Crippen LogP contribution in [0.2, 0.25) is 0 Å². The molecule has 0 fully saturated rings. The molecule has 1 aromatic heterocycles. The molecular weight excluding hydrogens is 334 g/mol. The maximum absolute atomic E-state index is 12.0. The lowest BCUT2D eigenvalue weighted by Gasteiger charge is -2.21. The van der Waals surface area contributed by atoms with E-state index in [1.54, 1.807) is 18.4 Å². The molecule has 0 bridgehead atoms. The highest BCUT2D eigenvalue weighted by atomic mass is 32.1. The second-order valence-electron chi connectivity index (χ2n) is 5.70. The summed E-state index contributed by atoms with van der Waals surface area (Å²) >= 11 is 1.63. The van der Waals surface area contributed by atoms with Gasteiger partial charge in [0.05, 0.1) is 23.8 Å². The fraction of sp³-hybridized carbons (Fsp3) is 0.389. The average molecular weight is 359 g/mol. The molecule has 2 aromatic rings. The molecule has 0 aliphatic heterocycles. The average Bonchev–Trinajstić information content (AvgIpc) is 3.01. The molecule has 0 spiro atoms. The molecule has 0 atom stereocenters. The second-order valence-corrected chi connectivity index (χ2v) is 6.76. The molecule has 0 aliphatic carbocycles. The molecule has 2 rings (SSSR count). The summed E-state index contributed by atoms with van der Waals surface area (Å²) in [6, 6.07) is 10.1. The van der Waals surface area contributed by atoms with Gasteiger partial charge < -0.3 is 15.5 Å². The zero-order valence-corrected chi connectivity index (χ0v) is 15.8. The Bertz CT molecular complexity index is 699. The largest absolute Gasteiger partial charge is 0.354 e. The lowest BCUT2D eigenvalue weighted by Crippen LogP contribution is -2.44. The summed E-state index contributed by atoms with van der Waals surface area (Å²) < 4.78 is 0. The second kappa shape index (κ2) is 9.78. The topological polar surface area (TPSA) is 69.6 Å². The summed E-state index contributed by atoms with van der Waals surface area (Å²) in [6.45, 7) is 3.46. The van der Waals surface area contributed by atoms with E-state index in [1.165, 1.54) is 5.56 Å². The maximum Gasteiger partial charge on any atom is 0.239 e. The number of aromatic nitrogens is 1. The third kappa shape index (κ3) is 6.54. The Labute approximate surface area is 153 Å². The summed E-state index contributed by atoms with van der Waals surface area (Å²) in [7, 11) is 3.63. The van der Waals surface area contributed by atoms with E-state index in [0.717, 1.165) is 17.1 Å². The molecular formula is C18H25N5OS. The van der Waals surface area contributed by atoms with Gasteiger partial charge in [-0.2, -0.15) is 0 Å². The van der Waals surface area contributed by atoms with Gasteiger partial charge in [-0.3, -0.25) is 9.79 Å². The lowest BCUT2D eigenvalue weighted by atomic mass is 10.1. The maximum atomic E-state index is 12.0. The SMILES string of the molecule is CN=C(NCC(=O)NCCc1ccccc1)N(C)Cc1csc(C)n1. The van der Waals surface area contributed by atoms with Crippen LogP contribution >= 0.6 is 11.3 Å². The van der Waals surface area contributed by atoms with Crippen LogP contribution in [0.5, 0.6) is 0 Å². The number of aliphatic imine (C=N–C) groups is 1. The molecule has 134 valence electrons. The van der Waals surface area contributed by atoms with Gasteiger partial charge in [-0.15, -0.1) is 11.3 Å². The van der Waals surface area contributed by atoms with Crippen LogP contribution in [0.25, 0.3) is 0 Å². The van der Waals surface area contributed by atoms with Gasteiger partial charge in [-0.05, 0) is 18.9 Å². The predicted octanol–water partition coefficient (Wildman–Crippen LogP) is 1.82. The minimum Gasteiger partial charge on any atom is -0.354 e. The molecule has 0 aliphatic rings. The Morgan fingerprint density at radius 3 is 2.68 bits per heavy atom. The molecule has 7 heteroatoms. The van der Waals surface area contributed by atoms with Crippen LogP contribution in [-0.2, 0) is 17.8 Å². The number of rotatable bonds is 7. The van der Waals surface area contributed by atoms with Gasteiger partial charge in [0.25, 0.3) is 0 Å². The van der Waals surface area contributed by atoms with Gasteiger partial charge >= 0.3 is 0 Å². The highest BCUT2D eigenvalue weighted by molar-refractivity contribution is 7.09. The van der Waals surface area contributed by atoms with E-state index < -0.39 is 0 Å². The molecule has 25 heavy (non-hydrogen) atoms. The minimum absolute atomic E-state index is 0.0463. The first-order valence-corrected chi connectivity index (χ1v) is 9.10. The summed E-state index contributed by atoms with van der Waals surface area (Å²) in [5.41, 5.74) is 2.21. The van der Waals surface area contributed by atoms with Crippen LogP contribution in [0.4, 0.5) is 0 Å². The molecule has 0 radical (unpaired) electrons. The van der Waals surface area contributed by atoms with E-state index in [2.05, 4.69) is 32.7 Å². The summed E-state index contributed by atoms with van der Waals surface area (Å²) in [5.74, 6) is 0.624. The molecule has 1 heterocycles. The number of hydrogen-bond donors (Lipinski definition) is 2. The number of carbonyl (C=O) groups excluding carboxylic acids is 1. The van der Waals surface area contributed by atoms with Crippen LogP contribution < -0.4 is 10.6 Å². The first-order chi connectivity index (χ1) is 12.1. The smallest absolute Gasteiger partial charge is 0.239 e. The molecule has 2 N–H and O–H groups in total. The first kappa shape index (κ1) is 18.9. The van der Waals surface area contributed by atoms with Gasteiger partial charge in [0.2, 0.25) is 5.91 Å². The molecule has 0 saturated heterocycles. The number of amides is 1. The van der Waals surface area contributed by atoms with Crippen molar-refractivity contribution < 1.29 is 4.79 Å². The van der Waals surface area contributed by atoms with E-state index in [9.17, 15) is 4.79 Å². The monoisotopic (exact) mass is 359 g/mol. The quantitative estimate of drug-likeness (QED) is 0.584. The number of hydrogen-bond acceptors (Lipinski definition) is 4. The van der Waals surface area contributed by atoms with Crippen molar-refractivity contribution in [3.63, 3.8) is 0 Å². The number of nitrogens with zero attached hydrogens (tertiary/aromatic N) is 3. The molecule has 0 unspecified atom stereocenters. The van der Waals surface area contributed by atoms with Gasteiger partial charge in [0.15, 0.2) is 5.96 Å². The van der Waals surface area contributed by atoms with E-state index in [0.29, 0.717) is 19.0 Å². The number of benzene rings is 1. The minimum atomic E-state index is -0.0463. The summed E-state index contributed by atoms with van der Waals surface area (Å²) in [6.07, 6.45) is 0.824. The normalized spacial score (nSPS) is 11.2. The van der Waals surface area contributed by atoms with Crippen LogP contribution in [0.15, 0.2) is 40.7 Å². The third-order valence-corrected chi connectivity index (χ3v) is 4.45. The zero-order valence-electron chi connectivity index (χ0n) is 15.0. The van der Waals surface area contributed by atoms with Gasteiger partial charge in [0.1, 0.15) is 0 Å². The van der Waals surface area contributed by atoms with Crippen LogP contribution in [0.1, 0.15) is 16.3 Å². The number of nitrogens with one attached hydrogen (secondary N) is 2. The lowest BCUT2D eigenvalue weighted by molar-refractivity contribution is -0.120. The van der Waals surface area contributed by atoms with Gasteiger partial charge in [0, 0.05) is 26.0 Å². The Morgan fingerprint density at radius 1 is 1.28 bits per heavy atom. The first-order valence-electron chi connectivity index (χ1n) is 8.22. The van der Waals surface area contributed by atoms with Crippen molar-refractivity contribution in [2.24, 2.45) is 4.99 Å². The number of thiazole rings is 1. The zero-order chi connectivity index (χ0) is 18.1. The number of guanidine groups is 1. The van der Waals surface area contributed by atoms with Crippen molar-refractivity contribution in [3.8, 4) is 0 Å². The van der Waals surface area contributed by atoms with E-state index in [1.807, 2.05) is 42.5 Å². The number of aryl methyl sites for hydroxylation is 1. The summed E-state index contributed by atoms with van der Waals surface area (Å²) in [5, 5.41) is 9.08. The van der Waals surface area contributed by atoms with Crippen molar-refractivity contribution in [1.29, 1.82) is 0 Å². The van der Waals surface area contributed by atoms with Crippen molar-refractivity contribution >= 4 is 23.2 Å². The molecule has 1 aromatic carbocycles. The molecule has 1 amide bonds.